The summed E-state index contributed by atoms with van der Waals surface area (Å²) < 4.78 is 7.00. The number of aryl methyl sites for hydroxylation is 1. The van der Waals surface area contributed by atoms with Gasteiger partial charge in [0.15, 0.2) is 6.04 Å². The Morgan fingerprint density at radius 2 is 1.63 bits per heavy atom. The van der Waals surface area contributed by atoms with Gasteiger partial charge in [-0.3, -0.25) is 9.48 Å². The molecule has 9 heteroatoms. The average Bonchev–Trinajstić information content (AvgIpc) is 3.40. The molecule has 2 atom stereocenters. The lowest BCUT2D eigenvalue weighted by atomic mass is 9.98. The summed E-state index contributed by atoms with van der Waals surface area (Å²) >= 11 is 0. The van der Waals surface area contributed by atoms with E-state index in [0.29, 0.717) is 5.56 Å². The van der Waals surface area contributed by atoms with Crippen LogP contribution in [0.15, 0.2) is 60.9 Å². The van der Waals surface area contributed by atoms with Crippen LogP contribution in [-0.2, 0) is 21.4 Å². The Bertz CT molecular complexity index is 1210. The van der Waals surface area contributed by atoms with Crippen molar-refractivity contribution in [3.8, 4) is 11.1 Å². The van der Waals surface area contributed by atoms with Crippen molar-refractivity contribution >= 4 is 18.0 Å². The smallest absolute Gasteiger partial charge is 0.407 e. The summed E-state index contributed by atoms with van der Waals surface area (Å²) in [6.45, 7) is 3.63. The second-order valence-electron chi connectivity index (χ2n) is 8.92. The number of alkyl carbamates (subject to hydrolysis) is 1. The number of carbonyl (C=O) groups is 3. The SMILES string of the molecule is CC(C)[C@@H](NC(=O)OCC1c2ccccc2-c2ccccc21)C(=O)NC(C(=O)O)c1cnn(C)c1. The third-order valence-corrected chi connectivity index (χ3v) is 6.16. The van der Waals surface area contributed by atoms with Gasteiger partial charge in [0.05, 0.1) is 6.20 Å². The van der Waals surface area contributed by atoms with Crippen molar-refractivity contribution < 1.29 is 24.2 Å². The Balaban J connectivity index is 1.42. The number of hydrogen-bond acceptors (Lipinski definition) is 5. The number of rotatable bonds is 8. The number of nitrogens with zero attached hydrogens (tertiary/aromatic N) is 2. The first-order valence-electron chi connectivity index (χ1n) is 11.4. The van der Waals surface area contributed by atoms with Gasteiger partial charge in [-0.25, -0.2) is 9.59 Å². The van der Waals surface area contributed by atoms with Crippen LogP contribution in [0, 0.1) is 5.92 Å². The van der Waals surface area contributed by atoms with Crippen molar-refractivity contribution in [3.05, 3.63) is 77.6 Å². The van der Waals surface area contributed by atoms with E-state index in [4.69, 9.17) is 4.74 Å². The Kier molecular flexibility index (Phi) is 6.86. The predicted molar refractivity (Wildman–Crippen MR) is 129 cm³/mol. The average molecular weight is 477 g/mol. The van der Waals surface area contributed by atoms with Crippen LogP contribution in [0.2, 0.25) is 0 Å². The number of carboxylic acids is 1. The molecule has 4 rings (SSSR count). The summed E-state index contributed by atoms with van der Waals surface area (Å²) in [7, 11) is 1.65. The van der Waals surface area contributed by atoms with E-state index >= 15 is 0 Å². The minimum atomic E-state index is -1.29. The number of hydrogen-bond donors (Lipinski definition) is 3. The highest BCUT2D eigenvalue weighted by atomic mass is 16.5. The summed E-state index contributed by atoms with van der Waals surface area (Å²) in [5.74, 6) is -2.26. The quantitative estimate of drug-likeness (QED) is 0.459. The minimum absolute atomic E-state index is 0.110. The van der Waals surface area contributed by atoms with Crippen LogP contribution >= 0.6 is 0 Å². The van der Waals surface area contributed by atoms with Crippen LogP contribution in [0.5, 0.6) is 0 Å². The summed E-state index contributed by atoms with van der Waals surface area (Å²) in [5.41, 5.74) is 4.73. The first kappa shape index (κ1) is 24.0. The lowest BCUT2D eigenvalue weighted by Gasteiger charge is -2.24. The molecule has 1 aromatic heterocycles. The maximum atomic E-state index is 12.9. The Labute approximate surface area is 203 Å². The molecule has 3 aromatic rings. The van der Waals surface area contributed by atoms with E-state index in [0.717, 1.165) is 22.3 Å². The van der Waals surface area contributed by atoms with E-state index in [9.17, 15) is 19.5 Å². The molecule has 0 radical (unpaired) electrons. The second-order valence-corrected chi connectivity index (χ2v) is 8.92. The molecule has 1 unspecified atom stereocenters. The normalized spacial score (nSPS) is 14.1. The van der Waals surface area contributed by atoms with Gasteiger partial charge in [0.25, 0.3) is 0 Å². The van der Waals surface area contributed by atoms with Gasteiger partial charge in [0.2, 0.25) is 5.91 Å². The number of aliphatic carboxylic acids is 1. The number of carbonyl (C=O) groups excluding carboxylic acids is 2. The summed E-state index contributed by atoms with van der Waals surface area (Å²) in [6, 6.07) is 13.7. The summed E-state index contributed by atoms with van der Waals surface area (Å²) in [4.78, 5) is 37.4. The molecular weight excluding hydrogens is 448 g/mol. The zero-order chi connectivity index (χ0) is 25.1. The van der Waals surface area contributed by atoms with Crippen LogP contribution < -0.4 is 10.6 Å². The topological polar surface area (TPSA) is 123 Å². The predicted octanol–water partition coefficient (Wildman–Crippen LogP) is 3.23. The fourth-order valence-corrected chi connectivity index (χ4v) is 4.41. The van der Waals surface area contributed by atoms with Crippen molar-refractivity contribution in [3.63, 3.8) is 0 Å². The third-order valence-electron chi connectivity index (χ3n) is 6.16. The van der Waals surface area contributed by atoms with Gasteiger partial charge in [0, 0.05) is 24.7 Å². The summed E-state index contributed by atoms with van der Waals surface area (Å²) in [5, 5.41) is 18.6. The van der Waals surface area contributed by atoms with Crippen LogP contribution in [0.1, 0.15) is 42.5 Å². The molecule has 1 aliphatic rings. The monoisotopic (exact) mass is 476 g/mol. The first-order chi connectivity index (χ1) is 16.8. The zero-order valence-corrected chi connectivity index (χ0v) is 19.8. The molecule has 9 nitrogen and oxygen atoms in total. The van der Waals surface area contributed by atoms with Crippen molar-refractivity contribution in [2.24, 2.45) is 13.0 Å². The fraction of sp³-hybridized carbons (Fsp3) is 0.308. The van der Waals surface area contributed by atoms with Crippen molar-refractivity contribution in [2.45, 2.75) is 31.8 Å². The van der Waals surface area contributed by atoms with Crippen molar-refractivity contribution in [1.82, 2.24) is 20.4 Å². The largest absolute Gasteiger partial charge is 0.479 e. The van der Waals surface area contributed by atoms with E-state index in [1.54, 1.807) is 20.9 Å². The molecule has 1 heterocycles. The maximum Gasteiger partial charge on any atom is 0.407 e. The molecule has 0 aliphatic heterocycles. The van der Waals surface area contributed by atoms with Gasteiger partial charge in [0.1, 0.15) is 12.6 Å². The summed E-state index contributed by atoms with van der Waals surface area (Å²) in [6.07, 6.45) is 2.15. The van der Waals surface area contributed by atoms with Crippen LogP contribution in [0.3, 0.4) is 0 Å². The first-order valence-corrected chi connectivity index (χ1v) is 11.4. The molecule has 2 amide bonds. The molecule has 182 valence electrons. The third kappa shape index (κ3) is 5.03. The number of nitrogens with one attached hydrogen (secondary N) is 2. The lowest BCUT2D eigenvalue weighted by Crippen LogP contribution is -2.51. The fourth-order valence-electron chi connectivity index (χ4n) is 4.41. The molecule has 3 N–H and O–H groups in total. The van der Waals surface area contributed by atoms with E-state index < -0.39 is 30.1 Å². The molecule has 0 bridgehead atoms. The highest BCUT2D eigenvalue weighted by Gasteiger charge is 2.32. The molecular formula is C26H28N4O5. The molecule has 35 heavy (non-hydrogen) atoms. The van der Waals surface area contributed by atoms with E-state index in [1.807, 2.05) is 36.4 Å². The molecule has 2 aromatic carbocycles. The van der Waals surface area contributed by atoms with Crippen molar-refractivity contribution in [1.29, 1.82) is 0 Å². The van der Waals surface area contributed by atoms with Crippen LogP contribution in [0.4, 0.5) is 4.79 Å². The van der Waals surface area contributed by atoms with Crippen LogP contribution in [0.25, 0.3) is 11.1 Å². The van der Waals surface area contributed by atoms with Crippen molar-refractivity contribution in [2.75, 3.05) is 6.61 Å². The van der Waals surface area contributed by atoms with E-state index in [-0.39, 0.29) is 18.4 Å². The van der Waals surface area contributed by atoms with Crippen LogP contribution in [-0.4, -0.2) is 45.5 Å². The lowest BCUT2D eigenvalue weighted by molar-refractivity contribution is -0.142. The number of fused-ring (bicyclic) bond motifs is 3. The van der Waals surface area contributed by atoms with Gasteiger partial charge in [-0.2, -0.15) is 5.10 Å². The maximum absolute atomic E-state index is 12.9. The molecule has 1 aliphatic carbocycles. The Hall–Kier alpha value is -4.14. The number of ether oxygens (including phenoxy) is 1. The highest BCUT2D eigenvalue weighted by molar-refractivity contribution is 5.90. The van der Waals surface area contributed by atoms with E-state index in [2.05, 4.69) is 27.9 Å². The Morgan fingerprint density at radius 3 is 2.14 bits per heavy atom. The zero-order valence-electron chi connectivity index (χ0n) is 19.8. The van der Waals surface area contributed by atoms with Gasteiger partial charge in [-0.15, -0.1) is 0 Å². The molecule has 0 saturated carbocycles. The second kappa shape index (κ2) is 10.0. The van der Waals surface area contributed by atoms with Gasteiger partial charge in [-0.1, -0.05) is 62.4 Å². The molecule has 0 saturated heterocycles. The van der Waals surface area contributed by atoms with Gasteiger partial charge >= 0.3 is 12.1 Å². The highest BCUT2D eigenvalue weighted by Crippen LogP contribution is 2.44. The number of aromatic nitrogens is 2. The van der Waals surface area contributed by atoms with Gasteiger partial charge in [-0.05, 0) is 28.2 Å². The standard InChI is InChI=1S/C26H28N4O5/c1-15(2)22(24(31)28-23(25(32)33)16-12-27-30(3)13-16)29-26(34)35-14-21-19-10-6-4-8-17(19)18-9-5-7-11-20(18)21/h4-13,15,21-23H,14H2,1-3H3,(H,28,31)(H,29,34)(H,32,33)/t22-,23?/m1/s1. The minimum Gasteiger partial charge on any atom is -0.479 e. The molecule has 0 fully saturated rings. The number of amides is 2. The Morgan fingerprint density at radius 1 is 1.03 bits per heavy atom. The number of carboxylic acid groups (broad SMARTS) is 1. The number of benzene rings is 2. The van der Waals surface area contributed by atoms with Gasteiger partial charge < -0.3 is 20.5 Å². The molecule has 0 spiro atoms. The van der Waals surface area contributed by atoms with E-state index in [1.165, 1.54) is 17.1 Å².